The highest BCUT2D eigenvalue weighted by molar-refractivity contribution is 4.94. The number of nitrogens with one attached hydrogen (secondary N) is 1. The first-order chi connectivity index (χ1) is 7.61. The van der Waals surface area contributed by atoms with E-state index in [-0.39, 0.29) is 0 Å². The SMILES string of the molecule is CCC(NC(C)C1CC2CCC1C2)C(C)C. The van der Waals surface area contributed by atoms with Crippen molar-refractivity contribution in [2.75, 3.05) is 0 Å². The summed E-state index contributed by atoms with van der Waals surface area (Å²) in [4.78, 5) is 0. The van der Waals surface area contributed by atoms with E-state index in [2.05, 4.69) is 33.0 Å². The molecule has 0 spiro atoms. The molecule has 5 atom stereocenters. The number of rotatable bonds is 5. The molecule has 2 bridgehead atoms. The third kappa shape index (κ3) is 2.45. The third-order valence-corrected chi connectivity index (χ3v) is 5.16. The first kappa shape index (κ1) is 12.4. The lowest BCUT2D eigenvalue weighted by atomic mass is 9.83. The normalized spacial score (nSPS) is 36.9. The van der Waals surface area contributed by atoms with E-state index in [0.717, 1.165) is 29.7 Å². The Hall–Kier alpha value is -0.0400. The van der Waals surface area contributed by atoms with Crippen LogP contribution >= 0.6 is 0 Å². The van der Waals surface area contributed by atoms with E-state index >= 15 is 0 Å². The van der Waals surface area contributed by atoms with E-state index in [1.807, 2.05) is 0 Å². The van der Waals surface area contributed by atoms with Gasteiger partial charge in [-0.25, -0.2) is 0 Å². The Morgan fingerprint density at radius 1 is 1.12 bits per heavy atom. The summed E-state index contributed by atoms with van der Waals surface area (Å²) in [6, 6.07) is 1.46. The van der Waals surface area contributed by atoms with E-state index in [1.165, 1.54) is 32.1 Å². The molecule has 0 aromatic rings. The molecule has 0 amide bonds. The summed E-state index contributed by atoms with van der Waals surface area (Å²) >= 11 is 0. The molecular formula is C15H29N. The van der Waals surface area contributed by atoms with Gasteiger partial charge in [-0.2, -0.15) is 0 Å². The first-order valence-corrected chi connectivity index (χ1v) is 7.37. The van der Waals surface area contributed by atoms with Gasteiger partial charge in [-0.3, -0.25) is 0 Å². The summed E-state index contributed by atoms with van der Waals surface area (Å²) in [5.41, 5.74) is 0. The Bertz CT molecular complexity index is 223. The first-order valence-electron chi connectivity index (χ1n) is 7.37. The molecule has 2 saturated carbocycles. The average molecular weight is 223 g/mol. The fourth-order valence-electron chi connectivity index (χ4n) is 4.15. The second-order valence-electron chi connectivity index (χ2n) is 6.55. The van der Waals surface area contributed by atoms with E-state index in [0.29, 0.717) is 6.04 Å². The van der Waals surface area contributed by atoms with Crippen LogP contribution < -0.4 is 5.32 Å². The predicted octanol–water partition coefficient (Wildman–Crippen LogP) is 3.84. The molecule has 1 N–H and O–H groups in total. The van der Waals surface area contributed by atoms with Gasteiger partial charge in [-0.15, -0.1) is 0 Å². The van der Waals surface area contributed by atoms with Crippen LogP contribution in [0.1, 0.15) is 59.8 Å². The fraction of sp³-hybridized carbons (Fsp3) is 1.00. The van der Waals surface area contributed by atoms with Crippen LogP contribution in [0, 0.1) is 23.7 Å². The van der Waals surface area contributed by atoms with Crippen LogP contribution in [0.25, 0.3) is 0 Å². The van der Waals surface area contributed by atoms with Crippen LogP contribution in [0.3, 0.4) is 0 Å². The molecule has 1 nitrogen and oxygen atoms in total. The predicted molar refractivity (Wildman–Crippen MR) is 70.5 cm³/mol. The molecule has 0 radical (unpaired) electrons. The van der Waals surface area contributed by atoms with Crippen molar-refractivity contribution in [2.45, 2.75) is 71.9 Å². The number of hydrogen-bond donors (Lipinski definition) is 1. The molecule has 0 saturated heterocycles. The molecular weight excluding hydrogens is 194 g/mol. The molecule has 5 unspecified atom stereocenters. The summed E-state index contributed by atoms with van der Waals surface area (Å²) in [6.07, 6.45) is 7.35. The highest BCUT2D eigenvalue weighted by Gasteiger charge is 2.42. The van der Waals surface area contributed by atoms with Crippen LogP contribution in [0.5, 0.6) is 0 Å². The van der Waals surface area contributed by atoms with E-state index in [1.54, 1.807) is 0 Å². The maximum absolute atomic E-state index is 3.89. The van der Waals surface area contributed by atoms with Gasteiger partial charge < -0.3 is 5.32 Å². The Kier molecular flexibility index (Phi) is 3.94. The Morgan fingerprint density at radius 3 is 2.31 bits per heavy atom. The van der Waals surface area contributed by atoms with Crippen LogP contribution in [0.4, 0.5) is 0 Å². The number of hydrogen-bond acceptors (Lipinski definition) is 1. The van der Waals surface area contributed by atoms with Crippen LogP contribution in [0.2, 0.25) is 0 Å². The van der Waals surface area contributed by atoms with Gasteiger partial charge in [0, 0.05) is 12.1 Å². The van der Waals surface area contributed by atoms with Crippen molar-refractivity contribution in [3.8, 4) is 0 Å². The van der Waals surface area contributed by atoms with Crippen LogP contribution in [0.15, 0.2) is 0 Å². The second kappa shape index (κ2) is 5.08. The maximum Gasteiger partial charge on any atom is 0.00900 e. The standard InChI is InChI=1S/C15H29N/c1-5-15(10(2)3)16-11(4)14-9-12-6-7-13(14)8-12/h10-16H,5-9H2,1-4H3. The lowest BCUT2D eigenvalue weighted by Crippen LogP contribution is -2.44. The van der Waals surface area contributed by atoms with Crippen molar-refractivity contribution in [1.29, 1.82) is 0 Å². The maximum atomic E-state index is 3.89. The Morgan fingerprint density at radius 2 is 1.88 bits per heavy atom. The molecule has 16 heavy (non-hydrogen) atoms. The molecule has 2 aliphatic carbocycles. The van der Waals surface area contributed by atoms with Gasteiger partial charge in [0.05, 0.1) is 0 Å². The van der Waals surface area contributed by atoms with Crippen molar-refractivity contribution in [3.63, 3.8) is 0 Å². The summed E-state index contributed by atoms with van der Waals surface area (Å²) in [6.45, 7) is 9.42. The van der Waals surface area contributed by atoms with Gasteiger partial charge in [0.15, 0.2) is 0 Å². The van der Waals surface area contributed by atoms with Crippen LogP contribution in [-0.2, 0) is 0 Å². The summed E-state index contributed by atoms with van der Waals surface area (Å²) in [5, 5.41) is 3.89. The summed E-state index contributed by atoms with van der Waals surface area (Å²) < 4.78 is 0. The zero-order chi connectivity index (χ0) is 11.7. The second-order valence-corrected chi connectivity index (χ2v) is 6.55. The highest BCUT2D eigenvalue weighted by Crippen LogP contribution is 2.49. The third-order valence-electron chi connectivity index (χ3n) is 5.16. The number of fused-ring (bicyclic) bond motifs is 2. The van der Waals surface area contributed by atoms with E-state index < -0.39 is 0 Å². The summed E-state index contributed by atoms with van der Waals surface area (Å²) in [5.74, 6) is 3.88. The minimum absolute atomic E-state index is 0.717. The lowest BCUT2D eigenvalue weighted by Gasteiger charge is -2.33. The van der Waals surface area contributed by atoms with Crippen molar-refractivity contribution >= 4 is 0 Å². The molecule has 0 aliphatic heterocycles. The van der Waals surface area contributed by atoms with Gasteiger partial charge in [-0.1, -0.05) is 27.2 Å². The molecule has 0 aromatic heterocycles. The van der Waals surface area contributed by atoms with Crippen molar-refractivity contribution in [2.24, 2.45) is 23.7 Å². The van der Waals surface area contributed by atoms with E-state index in [4.69, 9.17) is 0 Å². The monoisotopic (exact) mass is 223 g/mol. The summed E-state index contributed by atoms with van der Waals surface area (Å²) in [7, 11) is 0. The minimum Gasteiger partial charge on any atom is -0.311 e. The zero-order valence-electron chi connectivity index (χ0n) is 11.5. The molecule has 0 heterocycles. The van der Waals surface area contributed by atoms with Gasteiger partial charge in [0.1, 0.15) is 0 Å². The highest BCUT2D eigenvalue weighted by atomic mass is 15.0. The molecule has 0 aromatic carbocycles. The minimum atomic E-state index is 0.717. The Balaban J connectivity index is 1.85. The molecule has 2 aliphatic rings. The van der Waals surface area contributed by atoms with E-state index in [9.17, 15) is 0 Å². The average Bonchev–Trinajstić information content (AvgIpc) is 2.86. The van der Waals surface area contributed by atoms with Crippen LogP contribution in [-0.4, -0.2) is 12.1 Å². The van der Waals surface area contributed by atoms with Gasteiger partial charge in [0.2, 0.25) is 0 Å². The smallest absolute Gasteiger partial charge is 0.00900 e. The molecule has 2 rings (SSSR count). The molecule has 94 valence electrons. The lowest BCUT2D eigenvalue weighted by molar-refractivity contribution is 0.227. The Labute approximate surface area is 101 Å². The van der Waals surface area contributed by atoms with Gasteiger partial charge in [-0.05, 0) is 56.3 Å². The van der Waals surface area contributed by atoms with Gasteiger partial charge >= 0.3 is 0 Å². The van der Waals surface area contributed by atoms with Crippen molar-refractivity contribution in [3.05, 3.63) is 0 Å². The quantitative estimate of drug-likeness (QED) is 0.747. The largest absolute Gasteiger partial charge is 0.311 e. The molecule has 1 heteroatoms. The van der Waals surface area contributed by atoms with Gasteiger partial charge in [0.25, 0.3) is 0 Å². The zero-order valence-corrected chi connectivity index (χ0v) is 11.5. The van der Waals surface area contributed by atoms with Crippen molar-refractivity contribution in [1.82, 2.24) is 5.32 Å². The van der Waals surface area contributed by atoms with Crippen molar-refractivity contribution < 1.29 is 0 Å². The molecule has 2 fully saturated rings. The topological polar surface area (TPSA) is 12.0 Å². The fourth-order valence-corrected chi connectivity index (χ4v) is 4.15.